The Hall–Kier alpha value is -2.57. The highest BCUT2D eigenvalue weighted by molar-refractivity contribution is 5.97. The molecule has 1 aromatic heterocycles. The van der Waals surface area contributed by atoms with E-state index in [4.69, 9.17) is 4.74 Å². The molecule has 0 bridgehead atoms. The van der Waals surface area contributed by atoms with E-state index in [-0.39, 0.29) is 6.04 Å². The molecule has 0 aliphatic carbocycles. The van der Waals surface area contributed by atoms with Gasteiger partial charge in [-0.3, -0.25) is 4.98 Å². The van der Waals surface area contributed by atoms with E-state index in [1.54, 1.807) is 12.1 Å². The summed E-state index contributed by atoms with van der Waals surface area (Å²) in [5, 5.41) is 3.24. The number of carbonyl (C=O) groups excluding carboxylic acids is 1. The van der Waals surface area contributed by atoms with E-state index in [2.05, 4.69) is 10.3 Å². The van der Waals surface area contributed by atoms with Crippen LogP contribution in [0.4, 0.5) is 18.9 Å². The Labute approximate surface area is 143 Å². The first-order chi connectivity index (χ1) is 11.7. The van der Waals surface area contributed by atoms with E-state index in [1.807, 2.05) is 19.9 Å². The number of fused-ring (bicyclic) bond motifs is 1. The Balaban J connectivity index is 2.01. The number of ether oxygens (including phenoxy) is 1. The largest absolute Gasteiger partial charge is 0.465 e. The highest BCUT2D eigenvalue weighted by Gasteiger charge is 2.43. The number of methoxy groups -OCH3 is 1. The van der Waals surface area contributed by atoms with Crippen molar-refractivity contribution in [3.63, 3.8) is 0 Å². The second kappa shape index (κ2) is 5.75. The highest BCUT2D eigenvalue weighted by Crippen LogP contribution is 2.49. The van der Waals surface area contributed by atoms with Crippen molar-refractivity contribution < 1.29 is 22.7 Å². The minimum absolute atomic E-state index is 0.365. The monoisotopic (exact) mass is 350 g/mol. The second-order valence-electron chi connectivity index (χ2n) is 6.49. The molecule has 0 fully saturated rings. The maximum absolute atomic E-state index is 12.7. The lowest BCUT2D eigenvalue weighted by Crippen LogP contribution is -2.26. The number of nitrogens with one attached hydrogen (secondary N) is 1. The number of nitrogens with zero attached hydrogens (tertiary/aromatic N) is 1. The number of pyridine rings is 1. The van der Waals surface area contributed by atoms with Crippen molar-refractivity contribution in [2.24, 2.45) is 0 Å². The zero-order valence-corrected chi connectivity index (χ0v) is 13.9. The Morgan fingerprint density at radius 3 is 2.52 bits per heavy atom. The van der Waals surface area contributed by atoms with Crippen molar-refractivity contribution in [3.8, 4) is 0 Å². The molecule has 2 aromatic rings. The summed E-state index contributed by atoms with van der Waals surface area (Å²) in [6, 6.07) is 7.32. The fourth-order valence-electron chi connectivity index (χ4n) is 3.19. The van der Waals surface area contributed by atoms with E-state index < -0.39 is 23.1 Å². The lowest BCUT2D eigenvalue weighted by atomic mass is 9.79. The lowest BCUT2D eigenvalue weighted by molar-refractivity contribution is -0.137. The van der Waals surface area contributed by atoms with Gasteiger partial charge in [0.25, 0.3) is 0 Å². The predicted molar refractivity (Wildman–Crippen MR) is 86.4 cm³/mol. The van der Waals surface area contributed by atoms with Gasteiger partial charge in [-0.25, -0.2) is 4.79 Å². The maximum Gasteiger partial charge on any atom is 0.417 e. The van der Waals surface area contributed by atoms with Crippen LogP contribution in [0.2, 0.25) is 0 Å². The number of aromatic nitrogens is 1. The number of esters is 1. The van der Waals surface area contributed by atoms with Crippen LogP contribution in [0.25, 0.3) is 0 Å². The Kier molecular flexibility index (Phi) is 3.97. The first-order valence-corrected chi connectivity index (χ1v) is 7.67. The van der Waals surface area contributed by atoms with Crippen LogP contribution in [-0.4, -0.2) is 18.1 Å². The summed E-state index contributed by atoms with van der Waals surface area (Å²) in [6.45, 7) is 3.91. The number of hydrogen-bond donors (Lipinski definition) is 1. The molecule has 0 saturated carbocycles. The third-order valence-electron chi connectivity index (χ3n) is 4.58. The molecular weight excluding hydrogens is 333 g/mol. The summed E-state index contributed by atoms with van der Waals surface area (Å²) in [6.07, 6.45) is -3.59. The van der Waals surface area contributed by atoms with Crippen molar-refractivity contribution >= 4 is 11.7 Å². The van der Waals surface area contributed by atoms with Crippen LogP contribution in [0.3, 0.4) is 0 Å². The van der Waals surface area contributed by atoms with Crippen molar-refractivity contribution in [1.82, 2.24) is 4.98 Å². The number of benzene rings is 1. The minimum Gasteiger partial charge on any atom is -0.465 e. The van der Waals surface area contributed by atoms with Crippen LogP contribution in [0.15, 0.2) is 36.5 Å². The van der Waals surface area contributed by atoms with Crippen LogP contribution in [0.5, 0.6) is 0 Å². The molecule has 4 nitrogen and oxygen atoms in total. The van der Waals surface area contributed by atoms with Crippen LogP contribution in [-0.2, 0) is 16.3 Å². The normalized spacial score (nSPS) is 18.4. The third-order valence-corrected chi connectivity index (χ3v) is 4.58. The minimum atomic E-state index is -4.43. The van der Waals surface area contributed by atoms with Gasteiger partial charge < -0.3 is 10.1 Å². The number of halogens is 3. The van der Waals surface area contributed by atoms with Gasteiger partial charge in [0, 0.05) is 11.6 Å². The molecule has 1 aliphatic heterocycles. The van der Waals surface area contributed by atoms with Gasteiger partial charge in [0.15, 0.2) is 0 Å². The van der Waals surface area contributed by atoms with E-state index in [0.29, 0.717) is 16.9 Å². The van der Waals surface area contributed by atoms with E-state index in [1.165, 1.54) is 13.2 Å². The van der Waals surface area contributed by atoms with Gasteiger partial charge in [-0.15, -0.1) is 0 Å². The van der Waals surface area contributed by atoms with Gasteiger partial charge in [-0.1, -0.05) is 26.0 Å². The molecule has 1 aromatic carbocycles. The van der Waals surface area contributed by atoms with Gasteiger partial charge in [-0.2, -0.15) is 13.2 Å². The molecule has 1 atom stereocenters. The Bertz CT molecular complexity index is 814. The van der Waals surface area contributed by atoms with Crippen LogP contribution in [0, 0.1) is 0 Å². The molecule has 1 N–H and O–H groups in total. The Morgan fingerprint density at radius 1 is 1.24 bits per heavy atom. The molecule has 0 spiro atoms. The smallest absolute Gasteiger partial charge is 0.417 e. The van der Waals surface area contributed by atoms with Gasteiger partial charge in [-0.05, 0) is 23.8 Å². The molecule has 0 amide bonds. The summed E-state index contributed by atoms with van der Waals surface area (Å²) >= 11 is 0. The molecule has 2 heterocycles. The topological polar surface area (TPSA) is 51.2 Å². The van der Waals surface area contributed by atoms with Crippen LogP contribution < -0.4 is 5.32 Å². The number of alkyl halides is 3. The summed E-state index contributed by atoms with van der Waals surface area (Å²) < 4.78 is 43.0. The number of rotatable bonds is 2. The van der Waals surface area contributed by atoms with E-state index >= 15 is 0 Å². The second-order valence-corrected chi connectivity index (χ2v) is 6.49. The molecule has 1 aliphatic rings. The lowest BCUT2D eigenvalue weighted by Gasteiger charge is -2.27. The molecule has 0 radical (unpaired) electrons. The third kappa shape index (κ3) is 2.83. The van der Waals surface area contributed by atoms with Crippen molar-refractivity contribution in [1.29, 1.82) is 0 Å². The average molecular weight is 350 g/mol. The molecule has 7 heteroatoms. The standard InChI is InChI=1S/C18H17F3N2O2/c1-17(2)12-6-4-5-11(16(24)25-3)14(12)23-15(17)13-8-7-10(9-22-13)18(19,20)21/h4-9,15,23H,1-3H3/t15-/m1/s1. The van der Waals surface area contributed by atoms with E-state index in [0.717, 1.165) is 17.8 Å². The molecule has 3 rings (SSSR count). The number of carbonyl (C=O) groups is 1. The summed E-state index contributed by atoms with van der Waals surface area (Å²) in [5.74, 6) is -0.471. The van der Waals surface area contributed by atoms with Crippen molar-refractivity contribution in [2.45, 2.75) is 31.5 Å². The maximum atomic E-state index is 12.7. The van der Waals surface area contributed by atoms with Gasteiger partial charge in [0.2, 0.25) is 0 Å². The molecule has 0 unspecified atom stereocenters. The van der Waals surface area contributed by atoms with Gasteiger partial charge >= 0.3 is 12.1 Å². The SMILES string of the molecule is COC(=O)c1cccc2c1N[C@H](c1ccc(C(F)(F)F)cn1)C2(C)C. The van der Waals surface area contributed by atoms with E-state index in [9.17, 15) is 18.0 Å². The Morgan fingerprint density at radius 2 is 1.96 bits per heavy atom. The summed E-state index contributed by atoms with van der Waals surface area (Å²) in [5.41, 5.74) is 1.13. The summed E-state index contributed by atoms with van der Waals surface area (Å²) in [7, 11) is 1.30. The number of hydrogen-bond acceptors (Lipinski definition) is 4. The molecule has 132 valence electrons. The fraction of sp³-hybridized carbons (Fsp3) is 0.333. The molecule has 25 heavy (non-hydrogen) atoms. The first-order valence-electron chi connectivity index (χ1n) is 7.67. The average Bonchev–Trinajstić information content (AvgIpc) is 2.85. The zero-order chi connectivity index (χ0) is 18.4. The fourth-order valence-corrected chi connectivity index (χ4v) is 3.19. The molecular formula is C18H17F3N2O2. The number of para-hydroxylation sites is 1. The zero-order valence-electron chi connectivity index (χ0n) is 13.9. The summed E-state index contributed by atoms with van der Waals surface area (Å²) in [4.78, 5) is 16.0. The van der Waals surface area contributed by atoms with Crippen LogP contribution in [0.1, 0.15) is 47.1 Å². The van der Waals surface area contributed by atoms with Crippen molar-refractivity contribution in [3.05, 3.63) is 58.9 Å². The quantitative estimate of drug-likeness (QED) is 0.819. The van der Waals surface area contributed by atoms with Gasteiger partial charge in [0.1, 0.15) is 0 Å². The van der Waals surface area contributed by atoms with Crippen molar-refractivity contribution in [2.75, 3.05) is 12.4 Å². The first kappa shape index (κ1) is 17.3. The highest BCUT2D eigenvalue weighted by atomic mass is 19.4. The number of anilines is 1. The molecule has 0 saturated heterocycles. The van der Waals surface area contributed by atoms with Gasteiger partial charge in [0.05, 0.1) is 35.7 Å². The van der Waals surface area contributed by atoms with Crippen LogP contribution >= 0.6 is 0 Å². The predicted octanol–water partition coefficient (Wildman–Crippen LogP) is 4.33.